The molecule has 2 aromatic rings. The van der Waals surface area contributed by atoms with Gasteiger partial charge in [-0.05, 0) is 18.1 Å². The van der Waals surface area contributed by atoms with Gasteiger partial charge in [0, 0.05) is 50.7 Å². The first-order valence-corrected chi connectivity index (χ1v) is 11.1. The maximum Gasteiger partial charge on any atom is 0.233 e. The summed E-state index contributed by atoms with van der Waals surface area (Å²) >= 11 is 0. The molecule has 5 rings (SSSR count). The summed E-state index contributed by atoms with van der Waals surface area (Å²) in [5, 5.41) is 3.68. The van der Waals surface area contributed by atoms with E-state index in [0.29, 0.717) is 31.2 Å². The van der Waals surface area contributed by atoms with E-state index in [2.05, 4.69) is 75.8 Å². The molecule has 2 atom stereocenters. The normalized spacial score (nSPS) is 26.1. The number of benzene rings is 2. The molecule has 2 aromatic carbocycles. The van der Waals surface area contributed by atoms with Gasteiger partial charge in [0.15, 0.2) is 0 Å². The molecule has 3 aliphatic heterocycles. The predicted molar refractivity (Wildman–Crippen MR) is 117 cm³/mol. The van der Waals surface area contributed by atoms with Crippen LogP contribution in [0, 0.1) is 5.41 Å². The molecular weight excluding hydrogens is 374 g/mol. The van der Waals surface area contributed by atoms with Crippen LogP contribution in [-0.4, -0.2) is 73.7 Å². The molecule has 0 aromatic heterocycles. The van der Waals surface area contributed by atoms with Crippen LogP contribution in [-0.2, 0) is 9.53 Å². The van der Waals surface area contributed by atoms with Crippen LogP contribution in [0.5, 0.6) is 0 Å². The molecular formula is C25H31N3O2. The summed E-state index contributed by atoms with van der Waals surface area (Å²) in [7, 11) is 0. The Kier molecular flexibility index (Phi) is 5.35. The van der Waals surface area contributed by atoms with Crippen LogP contribution >= 0.6 is 0 Å². The first kappa shape index (κ1) is 19.7. The number of nitrogens with zero attached hydrogens (tertiary/aromatic N) is 2. The van der Waals surface area contributed by atoms with Gasteiger partial charge in [-0.3, -0.25) is 9.69 Å². The molecule has 3 heterocycles. The van der Waals surface area contributed by atoms with Crippen LogP contribution < -0.4 is 5.32 Å². The first-order chi connectivity index (χ1) is 14.7. The fourth-order valence-electron chi connectivity index (χ4n) is 5.37. The number of ether oxygens (including phenoxy) is 1. The second-order valence-electron chi connectivity index (χ2n) is 9.22. The Morgan fingerprint density at radius 3 is 2.20 bits per heavy atom. The molecule has 0 aliphatic carbocycles. The molecule has 1 unspecified atom stereocenters. The third-order valence-corrected chi connectivity index (χ3v) is 7.03. The standard InChI is InChI=1S/C25H31N3O2/c1-25(17-30-18-25)24(29)27-12-13-28-21(16-27)14-26-15-22(28)23(19-8-4-2-5-9-19)20-10-6-3-7-11-20/h2-11,21-23,26H,12-18H2,1H3/t21-,22?/m1/s1. The molecule has 5 heteroatoms. The summed E-state index contributed by atoms with van der Waals surface area (Å²) in [6.07, 6.45) is 0. The van der Waals surface area contributed by atoms with Crippen molar-refractivity contribution in [2.24, 2.45) is 5.41 Å². The van der Waals surface area contributed by atoms with Gasteiger partial charge in [-0.25, -0.2) is 0 Å². The molecule has 1 amide bonds. The van der Waals surface area contributed by atoms with Crippen molar-refractivity contribution in [3.05, 3.63) is 71.8 Å². The van der Waals surface area contributed by atoms with E-state index in [4.69, 9.17) is 4.74 Å². The van der Waals surface area contributed by atoms with Gasteiger partial charge in [0.2, 0.25) is 5.91 Å². The molecule has 5 nitrogen and oxygen atoms in total. The Bertz CT molecular complexity index is 829. The number of amides is 1. The highest BCUT2D eigenvalue weighted by Crippen LogP contribution is 2.35. The van der Waals surface area contributed by atoms with Crippen molar-refractivity contribution < 1.29 is 9.53 Å². The van der Waals surface area contributed by atoms with E-state index in [9.17, 15) is 4.79 Å². The number of fused-ring (bicyclic) bond motifs is 1. The minimum absolute atomic E-state index is 0.262. The zero-order chi connectivity index (χ0) is 20.6. The van der Waals surface area contributed by atoms with E-state index in [1.54, 1.807) is 0 Å². The zero-order valence-corrected chi connectivity index (χ0v) is 17.7. The topological polar surface area (TPSA) is 44.8 Å². The Morgan fingerprint density at radius 1 is 1.00 bits per heavy atom. The van der Waals surface area contributed by atoms with Gasteiger partial charge in [0.05, 0.1) is 18.6 Å². The molecule has 158 valence electrons. The molecule has 3 aliphatic rings. The quantitative estimate of drug-likeness (QED) is 0.848. The largest absolute Gasteiger partial charge is 0.379 e. The number of hydrogen-bond acceptors (Lipinski definition) is 4. The van der Waals surface area contributed by atoms with Crippen LogP contribution in [0.1, 0.15) is 24.0 Å². The SMILES string of the molecule is CC1(C(=O)N2CCN3C(C(c4ccccc4)c4ccccc4)CNC[C@@H]3C2)COC1. The molecule has 30 heavy (non-hydrogen) atoms. The lowest BCUT2D eigenvalue weighted by Gasteiger charge is -2.52. The lowest BCUT2D eigenvalue weighted by molar-refractivity contribution is -0.172. The molecule has 3 saturated heterocycles. The third kappa shape index (κ3) is 3.55. The molecule has 0 radical (unpaired) electrons. The Balaban J connectivity index is 1.40. The van der Waals surface area contributed by atoms with Gasteiger partial charge in [0.1, 0.15) is 0 Å². The van der Waals surface area contributed by atoms with E-state index >= 15 is 0 Å². The molecule has 0 saturated carbocycles. The first-order valence-electron chi connectivity index (χ1n) is 11.1. The second-order valence-corrected chi connectivity index (χ2v) is 9.22. The molecule has 1 N–H and O–H groups in total. The fourth-order valence-corrected chi connectivity index (χ4v) is 5.37. The van der Waals surface area contributed by atoms with Gasteiger partial charge in [-0.1, -0.05) is 60.7 Å². The van der Waals surface area contributed by atoms with Crippen LogP contribution in [0.15, 0.2) is 60.7 Å². The molecule has 0 bridgehead atoms. The van der Waals surface area contributed by atoms with Crippen LogP contribution in [0.25, 0.3) is 0 Å². The van der Waals surface area contributed by atoms with Crippen molar-refractivity contribution >= 4 is 5.91 Å². The van der Waals surface area contributed by atoms with Crippen molar-refractivity contribution in [1.29, 1.82) is 0 Å². The summed E-state index contributed by atoms with van der Waals surface area (Å²) in [6.45, 7) is 7.58. The van der Waals surface area contributed by atoms with Gasteiger partial charge in [-0.2, -0.15) is 0 Å². The average Bonchev–Trinajstić information content (AvgIpc) is 2.78. The zero-order valence-electron chi connectivity index (χ0n) is 17.7. The maximum absolute atomic E-state index is 13.0. The van der Waals surface area contributed by atoms with Crippen LogP contribution in [0.2, 0.25) is 0 Å². The Labute approximate surface area is 179 Å². The van der Waals surface area contributed by atoms with E-state index in [1.165, 1.54) is 11.1 Å². The van der Waals surface area contributed by atoms with Crippen LogP contribution in [0.4, 0.5) is 0 Å². The molecule has 0 spiro atoms. The monoisotopic (exact) mass is 405 g/mol. The van der Waals surface area contributed by atoms with Gasteiger partial charge in [-0.15, -0.1) is 0 Å². The van der Waals surface area contributed by atoms with Crippen LogP contribution in [0.3, 0.4) is 0 Å². The van der Waals surface area contributed by atoms with Gasteiger partial charge < -0.3 is 15.0 Å². The van der Waals surface area contributed by atoms with E-state index in [0.717, 1.165) is 32.7 Å². The van der Waals surface area contributed by atoms with Crippen molar-refractivity contribution in [2.45, 2.75) is 24.9 Å². The number of piperazine rings is 2. The highest BCUT2D eigenvalue weighted by molar-refractivity contribution is 5.83. The summed E-state index contributed by atoms with van der Waals surface area (Å²) in [5.74, 6) is 0.570. The summed E-state index contributed by atoms with van der Waals surface area (Å²) in [4.78, 5) is 17.8. The highest BCUT2D eigenvalue weighted by atomic mass is 16.5. The van der Waals surface area contributed by atoms with Gasteiger partial charge in [0.25, 0.3) is 0 Å². The minimum Gasteiger partial charge on any atom is -0.379 e. The third-order valence-electron chi connectivity index (χ3n) is 7.03. The Hall–Kier alpha value is -2.21. The number of carbonyl (C=O) groups excluding carboxylic acids is 1. The lowest BCUT2D eigenvalue weighted by Crippen LogP contribution is -2.68. The number of hydrogen-bond donors (Lipinski definition) is 1. The maximum atomic E-state index is 13.0. The van der Waals surface area contributed by atoms with Crippen molar-refractivity contribution in [3.8, 4) is 0 Å². The summed E-state index contributed by atoms with van der Waals surface area (Å²) in [5.41, 5.74) is 2.39. The van der Waals surface area contributed by atoms with E-state index < -0.39 is 0 Å². The summed E-state index contributed by atoms with van der Waals surface area (Å²) in [6, 6.07) is 22.4. The number of rotatable bonds is 4. The number of carbonyl (C=O) groups is 1. The average molecular weight is 406 g/mol. The molecule has 3 fully saturated rings. The second kappa shape index (κ2) is 8.14. The predicted octanol–water partition coefficient (Wildman–Crippen LogP) is 2.34. The van der Waals surface area contributed by atoms with Gasteiger partial charge >= 0.3 is 0 Å². The smallest absolute Gasteiger partial charge is 0.233 e. The van der Waals surface area contributed by atoms with Crippen molar-refractivity contribution in [3.63, 3.8) is 0 Å². The van der Waals surface area contributed by atoms with Crippen molar-refractivity contribution in [1.82, 2.24) is 15.1 Å². The van der Waals surface area contributed by atoms with E-state index in [-0.39, 0.29) is 11.3 Å². The minimum atomic E-state index is -0.319. The highest BCUT2D eigenvalue weighted by Gasteiger charge is 2.47. The fraction of sp³-hybridized carbons (Fsp3) is 0.480. The Morgan fingerprint density at radius 2 is 1.63 bits per heavy atom. The summed E-state index contributed by atoms with van der Waals surface area (Å²) < 4.78 is 5.33. The van der Waals surface area contributed by atoms with E-state index in [1.807, 2.05) is 6.92 Å². The number of nitrogens with one attached hydrogen (secondary N) is 1. The lowest BCUT2D eigenvalue weighted by atomic mass is 9.82. The van der Waals surface area contributed by atoms with Crippen molar-refractivity contribution in [2.75, 3.05) is 45.9 Å².